The molecule has 0 spiro atoms. The second-order valence-corrected chi connectivity index (χ2v) is 5.33. The van der Waals surface area contributed by atoms with Crippen LogP contribution >= 0.6 is 11.6 Å². The first-order chi connectivity index (χ1) is 10.0. The maximum absolute atomic E-state index is 12.0. The summed E-state index contributed by atoms with van der Waals surface area (Å²) in [5.41, 5.74) is 0.654. The summed E-state index contributed by atoms with van der Waals surface area (Å²) in [6.07, 6.45) is 0.970. The van der Waals surface area contributed by atoms with Gasteiger partial charge in [-0.15, -0.1) is 0 Å². The third-order valence-corrected chi connectivity index (χ3v) is 3.54. The Hall–Kier alpha value is -1.85. The SMILES string of the molecule is CCC(C)NCc1nn(-c2ccc(Cl)cc2)c(=O)cc1O. The quantitative estimate of drug-likeness (QED) is 0.890. The predicted octanol–water partition coefficient (Wildman–Crippen LogP) is 2.48. The molecule has 6 heteroatoms. The van der Waals surface area contributed by atoms with E-state index in [0.29, 0.717) is 29.0 Å². The van der Waals surface area contributed by atoms with Crippen LogP contribution in [0.2, 0.25) is 5.02 Å². The van der Waals surface area contributed by atoms with Crippen molar-refractivity contribution in [2.75, 3.05) is 0 Å². The summed E-state index contributed by atoms with van der Waals surface area (Å²) in [5, 5.41) is 17.9. The number of halogens is 1. The van der Waals surface area contributed by atoms with E-state index in [-0.39, 0.29) is 11.3 Å². The molecule has 0 radical (unpaired) electrons. The van der Waals surface area contributed by atoms with E-state index < -0.39 is 0 Å². The highest BCUT2D eigenvalue weighted by molar-refractivity contribution is 6.30. The van der Waals surface area contributed by atoms with E-state index in [4.69, 9.17) is 11.6 Å². The number of aromatic nitrogens is 2. The van der Waals surface area contributed by atoms with Crippen LogP contribution in [0.25, 0.3) is 5.69 Å². The van der Waals surface area contributed by atoms with E-state index in [9.17, 15) is 9.90 Å². The lowest BCUT2D eigenvalue weighted by molar-refractivity contribution is 0.443. The van der Waals surface area contributed by atoms with E-state index in [0.717, 1.165) is 6.42 Å². The molecule has 0 aliphatic carbocycles. The molecule has 0 bridgehead atoms. The first-order valence-corrected chi connectivity index (χ1v) is 7.20. The summed E-state index contributed by atoms with van der Waals surface area (Å²) in [6.45, 7) is 4.51. The van der Waals surface area contributed by atoms with Gasteiger partial charge in [0.25, 0.3) is 5.56 Å². The summed E-state index contributed by atoms with van der Waals surface area (Å²) < 4.78 is 1.25. The van der Waals surface area contributed by atoms with Crippen LogP contribution in [0, 0.1) is 0 Å². The van der Waals surface area contributed by atoms with Gasteiger partial charge in [0.15, 0.2) is 0 Å². The Morgan fingerprint density at radius 1 is 1.38 bits per heavy atom. The molecule has 1 unspecified atom stereocenters. The Labute approximate surface area is 128 Å². The summed E-state index contributed by atoms with van der Waals surface area (Å²) >= 11 is 5.84. The van der Waals surface area contributed by atoms with Crippen LogP contribution in [0.4, 0.5) is 0 Å². The Morgan fingerprint density at radius 2 is 2.05 bits per heavy atom. The largest absolute Gasteiger partial charge is 0.506 e. The molecule has 1 heterocycles. The Morgan fingerprint density at radius 3 is 2.67 bits per heavy atom. The summed E-state index contributed by atoms with van der Waals surface area (Å²) in [6, 6.07) is 8.28. The first kappa shape index (κ1) is 15.5. The molecule has 0 saturated carbocycles. The normalized spacial score (nSPS) is 12.3. The molecule has 5 nitrogen and oxygen atoms in total. The van der Waals surface area contributed by atoms with Crippen molar-refractivity contribution in [2.45, 2.75) is 32.9 Å². The van der Waals surface area contributed by atoms with Gasteiger partial charge in [0.1, 0.15) is 11.4 Å². The van der Waals surface area contributed by atoms with Gasteiger partial charge in [-0.3, -0.25) is 4.79 Å². The molecule has 1 aromatic carbocycles. The maximum Gasteiger partial charge on any atom is 0.275 e. The number of benzene rings is 1. The van der Waals surface area contributed by atoms with Crippen molar-refractivity contribution < 1.29 is 5.11 Å². The van der Waals surface area contributed by atoms with Crippen LogP contribution in [-0.2, 0) is 6.54 Å². The highest BCUT2D eigenvalue weighted by Gasteiger charge is 2.10. The summed E-state index contributed by atoms with van der Waals surface area (Å²) in [7, 11) is 0. The van der Waals surface area contributed by atoms with Gasteiger partial charge in [-0.1, -0.05) is 18.5 Å². The second-order valence-electron chi connectivity index (χ2n) is 4.89. The molecule has 0 aliphatic rings. The van der Waals surface area contributed by atoms with E-state index in [1.165, 1.54) is 10.7 Å². The molecule has 0 amide bonds. The Balaban J connectivity index is 2.34. The van der Waals surface area contributed by atoms with Crippen LogP contribution in [-0.4, -0.2) is 20.9 Å². The maximum atomic E-state index is 12.0. The number of rotatable bonds is 5. The number of nitrogens with one attached hydrogen (secondary N) is 1. The third-order valence-electron chi connectivity index (χ3n) is 3.29. The molecular weight excluding hydrogens is 290 g/mol. The molecule has 0 aliphatic heterocycles. The van der Waals surface area contributed by atoms with Crippen LogP contribution < -0.4 is 10.9 Å². The van der Waals surface area contributed by atoms with Gasteiger partial charge in [-0.2, -0.15) is 9.78 Å². The van der Waals surface area contributed by atoms with Gasteiger partial charge >= 0.3 is 0 Å². The minimum Gasteiger partial charge on any atom is -0.506 e. The Bertz CT molecular complexity index is 668. The number of aromatic hydroxyl groups is 1. The van der Waals surface area contributed by atoms with Crippen molar-refractivity contribution in [1.82, 2.24) is 15.1 Å². The highest BCUT2D eigenvalue weighted by Crippen LogP contribution is 2.15. The minimum absolute atomic E-state index is 0.0963. The lowest BCUT2D eigenvalue weighted by atomic mass is 10.2. The lowest BCUT2D eigenvalue weighted by Crippen LogP contribution is -2.28. The van der Waals surface area contributed by atoms with Crippen molar-refractivity contribution in [1.29, 1.82) is 0 Å². The Kier molecular flexibility index (Phi) is 4.98. The number of hydrogen-bond acceptors (Lipinski definition) is 4. The standard InChI is InChI=1S/C15H18ClN3O2/c1-3-10(2)17-9-13-14(20)8-15(21)19(18-13)12-6-4-11(16)5-7-12/h4-8,10,17,20H,3,9H2,1-2H3. The van der Waals surface area contributed by atoms with E-state index in [2.05, 4.69) is 17.3 Å². The second kappa shape index (κ2) is 6.74. The van der Waals surface area contributed by atoms with Gasteiger partial charge in [0, 0.05) is 23.7 Å². The smallest absolute Gasteiger partial charge is 0.275 e. The zero-order valence-corrected chi connectivity index (χ0v) is 12.8. The fraction of sp³-hybridized carbons (Fsp3) is 0.333. The zero-order chi connectivity index (χ0) is 15.4. The van der Waals surface area contributed by atoms with E-state index >= 15 is 0 Å². The van der Waals surface area contributed by atoms with Gasteiger partial charge < -0.3 is 10.4 Å². The molecule has 21 heavy (non-hydrogen) atoms. The van der Waals surface area contributed by atoms with Crippen LogP contribution in [0.15, 0.2) is 35.1 Å². The van der Waals surface area contributed by atoms with Gasteiger partial charge in [0.2, 0.25) is 0 Å². The third kappa shape index (κ3) is 3.83. The molecule has 2 rings (SSSR count). The van der Waals surface area contributed by atoms with Crippen molar-refractivity contribution in [2.24, 2.45) is 0 Å². The van der Waals surface area contributed by atoms with Crippen molar-refractivity contribution in [3.8, 4) is 11.4 Å². The molecule has 1 aromatic heterocycles. The zero-order valence-electron chi connectivity index (χ0n) is 12.0. The monoisotopic (exact) mass is 307 g/mol. The van der Waals surface area contributed by atoms with Crippen LogP contribution in [0.1, 0.15) is 26.0 Å². The van der Waals surface area contributed by atoms with Gasteiger partial charge in [-0.05, 0) is 37.6 Å². The average molecular weight is 308 g/mol. The van der Waals surface area contributed by atoms with Crippen molar-refractivity contribution >= 4 is 11.6 Å². The summed E-state index contributed by atoms with van der Waals surface area (Å²) in [5.74, 6) is -0.0963. The fourth-order valence-electron chi connectivity index (χ4n) is 1.79. The predicted molar refractivity (Wildman–Crippen MR) is 83.1 cm³/mol. The van der Waals surface area contributed by atoms with Gasteiger partial charge in [-0.25, -0.2) is 0 Å². The molecule has 2 aromatic rings. The fourth-order valence-corrected chi connectivity index (χ4v) is 1.92. The number of nitrogens with zero attached hydrogens (tertiary/aromatic N) is 2. The average Bonchev–Trinajstić information content (AvgIpc) is 2.47. The molecular formula is C15H18ClN3O2. The van der Waals surface area contributed by atoms with E-state index in [1.807, 2.05) is 6.92 Å². The summed E-state index contributed by atoms with van der Waals surface area (Å²) in [4.78, 5) is 12.0. The van der Waals surface area contributed by atoms with E-state index in [1.54, 1.807) is 24.3 Å². The van der Waals surface area contributed by atoms with Gasteiger partial charge in [0.05, 0.1) is 5.69 Å². The highest BCUT2D eigenvalue weighted by atomic mass is 35.5. The topological polar surface area (TPSA) is 67.2 Å². The molecule has 2 N–H and O–H groups in total. The first-order valence-electron chi connectivity index (χ1n) is 6.82. The molecule has 0 saturated heterocycles. The van der Waals surface area contributed by atoms with Crippen molar-refractivity contribution in [3.05, 3.63) is 51.4 Å². The number of hydrogen-bond donors (Lipinski definition) is 2. The van der Waals surface area contributed by atoms with Crippen LogP contribution in [0.3, 0.4) is 0 Å². The van der Waals surface area contributed by atoms with Crippen molar-refractivity contribution in [3.63, 3.8) is 0 Å². The van der Waals surface area contributed by atoms with Crippen LogP contribution in [0.5, 0.6) is 5.75 Å². The molecule has 1 atom stereocenters. The molecule has 0 fully saturated rings. The molecule has 112 valence electrons. The lowest BCUT2D eigenvalue weighted by Gasteiger charge is -2.13. The minimum atomic E-state index is -0.387.